The Bertz CT molecular complexity index is 1160. The Labute approximate surface area is 179 Å². The van der Waals surface area contributed by atoms with E-state index in [1.165, 1.54) is 0 Å². The molecule has 2 aromatic carbocycles. The molecular weight excluding hydrogens is 401 g/mol. The van der Waals surface area contributed by atoms with Crippen LogP contribution in [-0.2, 0) is 11.3 Å². The van der Waals surface area contributed by atoms with Crippen molar-refractivity contribution in [3.63, 3.8) is 0 Å². The molecule has 1 atom stereocenters. The topological polar surface area (TPSA) is 51.5 Å². The maximum absolute atomic E-state index is 14.8. The summed E-state index contributed by atoms with van der Waals surface area (Å²) in [5.74, 6) is -0.537. The summed E-state index contributed by atoms with van der Waals surface area (Å²) in [6, 6.07) is 10.7. The minimum atomic E-state index is -0.812. The molecule has 0 spiro atoms. The van der Waals surface area contributed by atoms with Crippen LogP contribution in [0.3, 0.4) is 0 Å². The lowest BCUT2D eigenvalue weighted by molar-refractivity contribution is -0.137. The summed E-state index contributed by atoms with van der Waals surface area (Å²) in [5, 5.41) is 10.4. The van der Waals surface area contributed by atoms with Crippen LogP contribution < -0.4 is 4.74 Å². The van der Waals surface area contributed by atoms with Crippen LogP contribution in [0, 0.1) is 5.82 Å². The van der Waals surface area contributed by atoms with E-state index in [9.17, 15) is 14.3 Å². The van der Waals surface area contributed by atoms with Gasteiger partial charge in [-0.05, 0) is 48.9 Å². The van der Waals surface area contributed by atoms with E-state index < -0.39 is 5.97 Å². The lowest BCUT2D eigenvalue weighted by Gasteiger charge is -2.14. The summed E-state index contributed by atoms with van der Waals surface area (Å²) in [6.07, 6.45) is 2.86. The average Bonchev–Trinajstić information content (AvgIpc) is 3.26. The van der Waals surface area contributed by atoms with Crippen LogP contribution in [-0.4, -0.2) is 22.8 Å². The SMILES string of the molecule is C/C=C(\C)Sc1c2n(c3cc(F)cc(-c4ccccc4OC)c13)CCC2CC(=O)O. The number of carboxylic acid groups (broad SMARTS) is 1. The molecule has 6 heteroatoms. The Kier molecular flexibility index (Phi) is 5.60. The lowest BCUT2D eigenvalue weighted by atomic mass is 9.97. The van der Waals surface area contributed by atoms with Gasteiger partial charge in [-0.25, -0.2) is 4.39 Å². The first-order valence-corrected chi connectivity index (χ1v) is 10.8. The number of benzene rings is 2. The summed E-state index contributed by atoms with van der Waals surface area (Å²) >= 11 is 1.63. The normalized spacial score (nSPS) is 16.1. The molecule has 1 unspecified atom stereocenters. The predicted molar refractivity (Wildman–Crippen MR) is 119 cm³/mol. The molecule has 1 aliphatic rings. The van der Waals surface area contributed by atoms with Crippen molar-refractivity contribution in [2.75, 3.05) is 7.11 Å². The van der Waals surface area contributed by atoms with Gasteiger partial charge >= 0.3 is 5.97 Å². The third kappa shape index (κ3) is 3.49. The Balaban J connectivity index is 2.07. The van der Waals surface area contributed by atoms with E-state index in [-0.39, 0.29) is 18.2 Å². The molecule has 3 aromatic rings. The van der Waals surface area contributed by atoms with Gasteiger partial charge in [0.25, 0.3) is 0 Å². The summed E-state index contributed by atoms with van der Waals surface area (Å²) in [4.78, 5) is 13.6. The highest BCUT2D eigenvalue weighted by atomic mass is 32.2. The van der Waals surface area contributed by atoms with Crippen LogP contribution in [0.5, 0.6) is 5.75 Å². The van der Waals surface area contributed by atoms with Gasteiger partial charge in [-0.3, -0.25) is 4.79 Å². The number of rotatable bonds is 6. The van der Waals surface area contributed by atoms with Crippen LogP contribution in [0.25, 0.3) is 22.0 Å². The molecule has 0 saturated heterocycles. The second kappa shape index (κ2) is 8.19. The van der Waals surface area contributed by atoms with E-state index in [1.54, 1.807) is 31.0 Å². The number of carboxylic acids is 1. The standard InChI is InChI=1S/C24H24FNO3S/c1-4-14(2)30-24-22-18(17-7-5-6-8-20(17)29-3)12-16(25)13-19(22)26-10-9-15(23(24)26)11-21(27)28/h4-8,12-13,15H,9-11H2,1-3H3,(H,27,28)/b14-4+. The first-order chi connectivity index (χ1) is 14.4. The molecule has 0 radical (unpaired) electrons. The number of hydrogen-bond acceptors (Lipinski definition) is 3. The van der Waals surface area contributed by atoms with Crippen LogP contribution in [0.2, 0.25) is 0 Å². The summed E-state index contributed by atoms with van der Waals surface area (Å²) in [7, 11) is 1.61. The summed E-state index contributed by atoms with van der Waals surface area (Å²) in [5.41, 5.74) is 3.40. The van der Waals surface area contributed by atoms with Gasteiger partial charge in [-0.15, -0.1) is 0 Å². The molecule has 4 nitrogen and oxygen atoms in total. The molecule has 0 aliphatic carbocycles. The quantitative estimate of drug-likeness (QED) is 0.462. The lowest BCUT2D eigenvalue weighted by Crippen LogP contribution is -2.04. The molecule has 0 fully saturated rings. The molecular formula is C24H24FNO3S. The van der Waals surface area contributed by atoms with E-state index in [0.29, 0.717) is 12.3 Å². The predicted octanol–water partition coefficient (Wildman–Crippen LogP) is 6.43. The number of methoxy groups -OCH3 is 1. The molecule has 30 heavy (non-hydrogen) atoms. The zero-order valence-electron chi connectivity index (χ0n) is 17.2. The molecule has 0 amide bonds. The number of nitrogens with zero attached hydrogens (tertiary/aromatic N) is 1. The van der Waals surface area contributed by atoms with Gasteiger partial charge in [-0.1, -0.05) is 36.0 Å². The fourth-order valence-electron chi connectivity index (χ4n) is 4.31. The minimum Gasteiger partial charge on any atom is -0.496 e. The number of para-hydroxylation sites is 1. The number of fused-ring (bicyclic) bond motifs is 3. The molecule has 1 N–H and O–H groups in total. The molecule has 2 heterocycles. The zero-order valence-corrected chi connectivity index (χ0v) is 18.1. The Morgan fingerprint density at radius 2 is 2.10 bits per heavy atom. The smallest absolute Gasteiger partial charge is 0.304 e. The molecule has 4 rings (SSSR count). The highest BCUT2D eigenvalue weighted by Gasteiger charge is 2.33. The van der Waals surface area contributed by atoms with Crippen molar-refractivity contribution in [2.24, 2.45) is 0 Å². The van der Waals surface area contributed by atoms with Crippen molar-refractivity contribution in [1.29, 1.82) is 0 Å². The van der Waals surface area contributed by atoms with Crippen LogP contribution in [0.1, 0.15) is 38.3 Å². The number of thioether (sulfide) groups is 1. The van der Waals surface area contributed by atoms with E-state index in [4.69, 9.17) is 4.74 Å². The van der Waals surface area contributed by atoms with Gasteiger partial charge in [0.2, 0.25) is 0 Å². The van der Waals surface area contributed by atoms with E-state index in [0.717, 1.165) is 43.9 Å². The molecule has 1 aliphatic heterocycles. The highest BCUT2D eigenvalue weighted by molar-refractivity contribution is 8.03. The fraction of sp³-hybridized carbons (Fsp3) is 0.292. The Morgan fingerprint density at radius 1 is 1.33 bits per heavy atom. The number of aromatic nitrogens is 1. The van der Waals surface area contributed by atoms with Crippen molar-refractivity contribution in [3.8, 4) is 16.9 Å². The van der Waals surface area contributed by atoms with Crippen molar-refractivity contribution in [1.82, 2.24) is 4.57 Å². The zero-order chi connectivity index (χ0) is 21.4. The van der Waals surface area contributed by atoms with E-state index in [1.807, 2.05) is 44.2 Å². The van der Waals surface area contributed by atoms with Crippen LogP contribution in [0.15, 0.2) is 52.3 Å². The number of allylic oxidation sites excluding steroid dienone is 2. The molecule has 1 aromatic heterocycles. The number of hydrogen-bond donors (Lipinski definition) is 1. The molecule has 156 valence electrons. The first-order valence-electron chi connectivity index (χ1n) is 9.96. The van der Waals surface area contributed by atoms with Crippen molar-refractivity contribution in [3.05, 3.63) is 58.9 Å². The summed E-state index contributed by atoms with van der Waals surface area (Å²) in [6.45, 7) is 4.71. The van der Waals surface area contributed by atoms with Gasteiger partial charge in [0.1, 0.15) is 11.6 Å². The van der Waals surface area contributed by atoms with Gasteiger partial charge < -0.3 is 14.4 Å². The molecule has 0 saturated carbocycles. The van der Waals surface area contributed by atoms with Crippen molar-refractivity contribution < 1.29 is 19.0 Å². The van der Waals surface area contributed by atoms with Gasteiger partial charge in [0, 0.05) is 34.0 Å². The maximum atomic E-state index is 14.8. The van der Waals surface area contributed by atoms with Crippen molar-refractivity contribution in [2.45, 2.75) is 44.0 Å². The Morgan fingerprint density at radius 3 is 2.80 bits per heavy atom. The van der Waals surface area contributed by atoms with Gasteiger partial charge in [0.05, 0.1) is 19.0 Å². The van der Waals surface area contributed by atoms with Crippen molar-refractivity contribution >= 4 is 28.6 Å². The van der Waals surface area contributed by atoms with Crippen LogP contribution in [0.4, 0.5) is 4.39 Å². The molecule has 0 bridgehead atoms. The third-order valence-corrected chi connectivity index (χ3v) is 6.87. The number of aliphatic carboxylic acids is 1. The summed E-state index contributed by atoms with van der Waals surface area (Å²) < 4.78 is 22.4. The monoisotopic (exact) mass is 425 g/mol. The Hall–Kier alpha value is -2.73. The van der Waals surface area contributed by atoms with Gasteiger partial charge in [-0.2, -0.15) is 0 Å². The van der Waals surface area contributed by atoms with E-state index >= 15 is 0 Å². The average molecular weight is 426 g/mol. The third-order valence-electron chi connectivity index (χ3n) is 5.70. The minimum absolute atomic E-state index is 0.0746. The number of ether oxygens (including phenoxy) is 1. The highest BCUT2D eigenvalue weighted by Crippen LogP contribution is 2.50. The second-order valence-corrected chi connectivity index (χ2v) is 8.75. The maximum Gasteiger partial charge on any atom is 0.304 e. The number of halogens is 1. The number of carbonyl (C=O) groups is 1. The van der Waals surface area contributed by atoms with Gasteiger partial charge in [0.15, 0.2) is 0 Å². The first kappa shape index (κ1) is 20.5. The van der Waals surface area contributed by atoms with E-state index in [2.05, 4.69) is 4.57 Å². The largest absolute Gasteiger partial charge is 0.496 e. The number of aryl methyl sites for hydroxylation is 1. The fourth-order valence-corrected chi connectivity index (χ4v) is 5.44. The second-order valence-electron chi connectivity index (χ2n) is 7.50. The van der Waals surface area contributed by atoms with Crippen LogP contribution >= 0.6 is 11.8 Å².